The van der Waals surface area contributed by atoms with Crippen molar-refractivity contribution in [3.63, 3.8) is 0 Å². The molecular formula is C13H20N2. The fourth-order valence-corrected chi connectivity index (χ4v) is 2.15. The van der Waals surface area contributed by atoms with Gasteiger partial charge in [-0.2, -0.15) is 0 Å². The molecule has 1 aromatic carbocycles. The number of nitrogens with zero attached hydrogens (tertiary/aromatic N) is 2. The van der Waals surface area contributed by atoms with E-state index in [1.54, 1.807) is 0 Å². The second-order valence-corrected chi connectivity index (χ2v) is 4.76. The van der Waals surface area contributed by atoms with Gasteiger partial charge in [0.05, 0.1) is 5.69 Å². The minimum Gasteiger partial charge on any atom is -0.306 e. The Hall–Kier alpha value is -1.02. The maximum absolute atomic E-state index is 2.35. The molecule has 0 aromatic heterocycles. The van der Waals surface area contributed by atoms with Gasteiger partial charge in [-0.25, -0.2) is 5.01 Å². The molecule has 1 aliphatic heterocycles. The van der Waals surface area contributed by atoms with Crippen LogP contribution in [0.3, 0.4) is 0 Å². The van der Waals surface area contributed by atoms with E-state index in [4.69, 9.17) is 0 Å². The van der Waals surface area contributed by atoms with E-state index in [2.05, 4.69) is 56.2 Å². The Labute approximate surface area is 92.5 Å². The van der Waals surface area contributed by atoms with Gasteiger partial charge in [0.25, 0.3) is 0 Å². The molecule has 1 aromatic rings. The average Bonchev–Trinajstić information content (AvgIpc) is 2.59. The Morgan fingerprint density at radius 3 is 2.60 bits per heavy atom. The number of fused-ring (bicyclic) bond motifs is 1. The van der Waals surface area contributed by atoms with Gasteiger partial charge in [-0.05, 0) is 29.5 Å². The summed E-state index contributed by atoms with van der Waals surface area (Å²) in [4.78, 5) is 0. The molecule has 0 radical (unpaired) electrons. The fraction of sp³-hybridized carbons (Fsp3) is 0.538. The van der Waals surface area contributed by atoms with Gasteiger partial charge in [0, 0.05) is 20.6 Å². The van der Waals surface area contributed by atoms with E-state index >= 15 is 0 Å². The first-order valence-corrected chi connectivity index (χ1v) is 5.67. The van der Waals surface area contributed by atoms with Crippen LogP contribution < -0.4 is 5.01 Å². The highest BCUT2D eigenvalue weighted by Crippen LogP contribution is 2.31. The number of hydrogen-bond donors (Lipinski definition) is 0. The van der Waals surface area contributed by atoms with Crippen LogP contribution in [0.4, 0.5) is 5.69 Å². The molecule has 0 unspecified atom stereocenters. The number of hydrazine groups is 1. The smallest absolute Gasteiger partial charge is 0.0557 e. The molecule has 82 valence electrons. The topological polar surface area (TPSA) is 6.48 Å². The van der Waals surface area contributed by atoms with E-state index in [0.29, 0.717) is 5.92 Å². The number of anilines is 1. The highest BCUT2D eigenvalue weighted by Gasteiger charge is 2.20. The second kappa shape index (κ2) is 3.86. The molecule has 2 nitrogen and oxygen atoms in total. The fourth-order valence-electron chi connectivity index (χ4n) is 2.15. The summed E-state index contributed by atoms with van der Waals surface area (Å²) in [6.45, 7) is 5.61. The van der Waals surface area contributed by atoms with Crippen molar-refractivity contribution in [2.45, 2.75) is 26.2 Å². The van der Waals surface area contributed by atoms with Gasteiger partial charge in [0.1, 0.15) is 0 Å². The molecule has 0 fully saturated rings. The van der Waals surface area contributed by atoms with E-state index in [1.807, 2.05) is 0 Å². The molecule has 0 saturated heterocycles. The third kappa shape index (κ3) is 1.86. The molecule has 0 N–H and O–H groups in total. The predicted octanol–water partition coefficient (Wildman–Crippen LogP) is 2.65. The zero-order valence-electron chi connectivity index (χ0n) is 10.1. The van der Waals surface area contributed by atoms with Gasteiger partial charge in [-0.15, -0.1) is 0 Å². The lowest BCUT2D eigenvalue weighted by Crippen LogP contribution is -2.35. The Kier molecular flexibility index (Phi) is 2.70. The lowest BCUT2D eigenvalue weighted by molar-refractivity contribution is 0.381. The van der Waals surface area contributed by atoms with Crippen LogP contribution in [0.2, 0.25) is 0 Å². The summed E-state index contributed by atoms with van der Waals surface area (Å²) in [5.41, 5.74) is 4.31. The van der Waals surface area contributed by atoms with Crippen molar-refractivity contribution in [1.82, 2.24) is 5.01 Å². The number of rotatable bonds is 2. The molecule has 0 saturated carbocycles. The van der Waals surface area contributed by atoms with E-state index in [-0.39, 0.29) is 0 Å². The molecule has 2 rings (SSSR count). The zero-order valence-corrected chi connectivity index (χ0v) is 10.1. The van der Waals surface area contributed by atoms with Gasteiger partial charge in [0.15, 0.2) is 0 Å². The summed E-state index contributed by atoms with van der Waals surface area (Å²) < 4.78 is 0. The van der Waals surface area contributed by atoms with Gasteiger partial charge in [-0.1, -0.05) is 26.0 Å². The standard InChI is InChI=1S/C13H20N2/c1-10(2)12-6-5-11-7-8-15(14(3)4)13(11)9-12/h5-6,9-10H,7-8H2,1-4H3. The minimum atomic E-state index is 0.611. The Morgan fingerprint density at radius 1 is 1.27 bits per heavy atom. The SMILES string of the molecule is CC(C)c1ccc2c(c1)N(N(C)C)CC2. The van der Waals surface area contributed by atoms with E-state index in [1.165, 1.54) is 23.2 Å². The van der Waals surface area contributed by atoms with Crippen molar-refractivity contribution >= 4 is 5.69 Å². The molecule has 0 atom stereocenters. The summed E-state index contributed by atoms with van der Waals surface area (Å²) in [5.74, 6) is 0.611. The summed E-state index contributed by atoms with van der Waals surface area (Å²) in [6.07, 6.45) is 1.17. The Balaban J connectivity index is 2.38. The first-order valence-electron chi connectivity index (χ1n) is 5.67. The van der Waals surface area contributed by atoms with Crippen molar-refractivity contribution in [3.8, 4) is 0 Å². The van der Waals surface area contributed by atoms with Crippen molar-refractivity contribution in [2.24, 2.45) is 0 Å². The maximum Gasteiger partial charge on any atom is 0.0557 e. The Morgan fingerprint density at radius 2 is 2.00 bits per heavy atom. The molecule has 0 bridgehead atoms. The molecule has 0 amide bonds. The van der Waals surface area contributed by atoms with Crippen molar-refractivity contribution in [1.29, 1.82) is 0 Å². The van der Waals surface area contributed by atoms with Crippen LogP contribution >= 0.6 is 0 Å². The van der Waals surface area contributed by atoms with Crippen LogP contribution in [0.25, 0.3) is 0 Å². The highest BCUT2D eigenvalue weighted by molar-refractivity contribution is 5.59. The minimum absolute atomic E-state index is 0.611. The van der Waals surface area contributed by atoms with Gasteiger partial charge in [0.2, 0.25) is 0 Å². The third-order valence-electron chi connectivity index (χ3n) is 3.13. The summed E-state index contributed by atoms with van der Waals surface area (Å²) in [5, 5.41) is 4.52. The lowest BCUT2D eigenvalue weighted by Gasteiger charge is -2.27. The van der Waals surface area contributed by atoms with Crippen LogP contribution in [-0.2, 0) is 6.42 Å². The van der Waals surface area contributed by atoms with Crippen molar-refractivity contribution < 1.29 is 0 Å². The molecule has 1 aliphatic rings. The summed E-state index contributed by atoms with van der Waals surface area (Å²) >= 11 is 0. The maximum atomic E-state index is 2.35. The molecular weight excluding hydrogens is 184 g/mol. The molecule has 0 spiro atoms. The predicted molar refractivity (Wildman–Crippen MR) is 65.3 cm³/mol. The van der Waals surface area contributed by atoms with Crippen LogP contribution in [-0.4, -0.2) is 25.6 Å². The first-order chi connectivity index (χ1) is 7.09. The van der Waals surface area contributed by atoms with Crippen LogP contribution in [0.1, 0.15) is 30.9 Å². The number of hydrogen-bond acceptors (Lipinski definition) is 2. The van der Waals surface area contributed by atoms with E-state index < -0.39 is 0 Å². The zero-order chi connectivity index (χ0) is 11.0. The molecule has 0 aliphatic carbocycles. The first kappa shape index (κ1) is 10.5. The lowest BCUT2D eigenvalue weighted by atomic mass is 10.0. The second-order valence-electron chi connectivity index (χ2n) is 4.76. The van der Waals surface area contributed by atoms with E-state index in [9.17, 15) is 0 Å². The van der Waals surface area contributed by atoms with Crippen LogP contribution in [0, 0.1) is 0 Å². The highest BCUT2D eigenvalue weighted by atomic mass is 15.6. The van der Waals surface area contributed by atoms with Gasteiger partial charge in [-0.3, -0.25) is 0 Å². The largest absolute Gasteiger partial charge is 0.306 e. The third-order valence-corrected chi connectivity index (χ3v) is 3.13. The molecule has 2 heteroatoms. The molecule has 1 heterocycles. The normalized spacial score (nSPS) is 15.2. The van der Waals surface area contributed by atoms with Crippen molar-refractivity contribution in [2.75, 3.05) is 25.6 Å². The van der Waals surface area contributed by atoms with Crippen LogP contribution in [0.15, 0.2) is 18.2 Å². The van der Waals surface area contributed by atoms with Crippen molar-refractivity contribution in [3.05, 3.63) is 29.3 Å². The van der Waals surface area contributed by atoms with Gasteiger partial charge >= 0.3 is 0 Å². The van der Waals surface area contributed by atoms with E-state index in [0.717, 1.165) is 6.54 Å². The monoisotopic (exact) mass is 204 g/mol. The van der Waals surface area contributed by atoms with Gasteiger partial charge < -0.3 is 5.01 Å². The quantitative estimate of drug-likeness (QED) is 0.730. The Bertz CT molecular complexity index is 356. The molecule has 15 heavy (non-hydrogen) atoms. The average molecular weight is 204 g/mol. The van der Waals surface area contributed by atoms with Crippen LogP contribution in [0.5, 0.6) is 0 Å². The summed E-state index contributed by atoms with van der Waals surface area (Å²) in [6, 6.07) is 6.89. The summed E-state index contributed by atoms with van der Waals surface area (Å²) in [7, 11) is 4.22. The number of benzene rings is 1.